The van der Waals surface area contributed by atoms with Crippen molar-refractivity contribution < 1.29 is 9.15 Å². The lowest BCUT2D eigenvalue weighted by atomic mass is 10.0. The maximum Gasteiger partial charge on any atom is 0.127 e. The number of rotatable bonds is 4. The van der Waals surface area contributed by atoms with Crippen LogP contribution in [0.15, 0.2) is 33.2 Å². The Morgan fingerprint density at radius 3 is 2.90 bits per heavy atom. The molecule has 3 rings (SSSR count). The zero-order chi connectivity index (χ0) is 14.1. The molecule has 1 aromatic carbocycles. The molecule has 1 atom stereocenters. The van der Waals surface area contributed by atoms with Crippen molar-refractivity contribution in [1.82, 2.24) is 5.32 Å². The van der Waals surface area contributed by atoms with Crippen LogP contribution in [-0.4, -0.2) is 13.7 Å². The van der Waals surface area contributed by atoms with Gasteiger partial charge < -0.3 is 14.5 Å². The fourth-order valence-electron chi connectivity index (χ4n) is 2.70. The third-order valence-electron chi connectivity index (χ3n) is 3.69. The molecule has 0 saturated heterocycles. The molecule has 0 fully saturated rings. The fourth-order valence-corrected chi connectivity index (χ4v) is 3.23. The maximum atomic E-state index is 5.91. The van der Waals surface area contributed by atoms with Gasteiger partial charge in [-0.05, 0) is 36.9 Å². The van der Waals surface area contributed by atoms with E-state index in [1.54, 1.807) is 0 Å². The van der Waals surface area contributed by atoms with Crippen molar-refractivity contribution in [3.8, 4) is 5.75 Å². The second kappa shape index (κ2) is 5.62. The van der Waals surface area contributed by atoms with Gasteiger partial charge in [0.25, 0.3) is 0 Å². The predicted molar refractivity (Wildman–Crippen MR) is 82.3 cm³/mol. The number of furan rings is 1. The third kappa shape index (κ3) is 2.38. The molecule has 4 heteroatoms. The van der Waals surface area contributed by atoms with Crippen LogP contribution in [0.5, 0.6) is 5.75 Å². The smallest absolute Gasteiger partial charge is 0.127 e. The highest BCUT2D eigenvalue weighted by Crippen LogP contribution is 2.38. The number of aryl methyl sites for hydroxylation is 1. The van der Waals surface area contributed by atoms with E-state index in [2.05, 4.69) is 40.3 Å². The lowest BCUT2D eigenvalue weighted by Crippen LogP contribution is -2.18. The van der Waals surface area contributed by atoms with Crippen LogP contribution in [0.1, 0.15) is 35.6 Å². The summed E-state index contributed by atoms with van der Waals surface area (Å²) in [6, 6.07) is 8.35. The molecule has 1 N–H and O–H groups in total. The van der Waals surface area contributed by atoms with Crippen molar-refractivity contribution in [3.05, 3.63) is 51.4 Å². The maximum absolute atomic E-state index is 5.91. The second-order valence-corrected chi connectivity index (χ2v) is 5.88. The van der Waals surface area contributed by atoms with Gasteiger partial charge in [0.1, 0.15) is 17.3 Å². The van der Waals surface area contributed by atoms with Crippen molar-refractivity contribution in [1.29, 1.82) is 0 Å². The number of benzene rings is 1. The third-order valence-corrected chi connectivity index (χ3v) is 4.15. The zero-order valence-corrected chi connectivity index (χ0v) is 13.3. The lowest BCUT2D eigenvalue weighted by Gasteiger charge is -2.18. The molecule has 1 aliphatic heterocycles. The average Bonchev–Trinajstić information content (AvgIpc) is 3.07. The minimum atomic E-state index is 0.0136. The Hall–Kier alpha value is -1.26. The molecular formula is C16H18BrNO2. The number of ether oxygens (including phenoxy) is 1. The normalized spacial score (nSPS) is 14.9. The highest BCUT2D eigenvalue weighted by Gasteiger charge is 2.25. The Labute approximate surface area is 127 Å². The van der Waals surface area contributed by atoms with E-state index in [0.717, 1.165) is 46.8 Å². The SMILES string of the molecule is CCc1ccc(C(NC)c2cc(Br)cc3c2OCC3)o1. The van der Waals surface area contributed by atoms with Gasteiger partial charge in [-0.25, -0.2) is 0 Å². The summed E-state index contributed by atoms with van der Waals surface area (Å²) in [7, 11) is 1.95. The van der Waals surface area contributed by atoms with Gasteiger partial charge in [0.2, 0.25) is 0 Å². The molecule has 3 nitrogen and oxygen atoms in total. The number of nitrogens with one attached hydrogen (secondary N) is 1. The van der Waals surface area contributed by atoms with Gasteiger partial charge >= 0.3 is 0 Å². The summed E-state index contributed by atoms with van der Waals surface area (Å²) in [5.74, 6) is 2.94. The van der Waals surface area contributed by atoms with Crippen LogP contribution in [0.3, 0.4) is 0 Å². The second-order valence-electron chi connectivity index (χ2n) is 4.96. The fraction of sp³-hybridized carbons (Fsp3) is 0.375. The van der Waals surface area contributed by atoms with E-state index in [4.69, 9.17) is 9.15 Å². The molecule has 20 heavy (non-hydrogen) atoms. The van der Waals surface area contributed by atoms with Crippen molar-refractivity contribution in [3.63, 3.8) is 0 Å². The van der Waals surface area contributed by atoms with Crippen molar-refractivity contribution >= 4 is 15.9 Å². The molecule has 0 bridgehead atoms. The first-order valence-corrected chi connectivity index (χ1v) is 7.73. The summed E-state index contributed by atoms with van der Waals surface area (Å²) < 4.78 is 12.8. The molecule has 0 amide bonds. The molecule has 0 spiro atoms. The van der Waals surface area contributed by atoms with Crippen LogP contribution < -0.4 is 10.1 Å². The first kappa shape index (κ1) is 13.7. The van der Waals surface area contributed by atoms with E-state index in [0.29, 0.717) is 0 Å². The first-order valence-electron chi connectivity index (χ1n) is 6.94. The average molecular weight is 336 g/mol. The van der Waals surface area contributed by atoms with Gasteiger partial charge in [0.05, 0.1) is 12.6 Å². The van der Waals surface area contributed by atoms with Crippen LogP contribution in [-0.2, 0) is 12.8 Å². The summed E-state index contributed by atoms with van der Waals surface area (Å²) in [6.45, 7) is 2.85. The summed E-state index contributed by atoms with van der Waals surface area (Å²) in [5, 5.41) is 3.33. The highest BCUT2D eigenvalue weighted by atomic mass is 79.9. The van der Waals surface area contributed by atoms with E-state index >= 15 is 0 Å². The molecule has 0 radical (unpaired) electrons. The van der Waals surface area contributed by atoms with Crippen molar-refractivity contribution in [2.24, 2.45) is 0 Å². The Kier molecular flexibility index (Phi) is 3.85. The molecule has 0 aliphatic carbocycles. The Morgan fingerprint density at radius 1 is 1.35 bits per heavy atom. The predicted octanol–water partition coefficient (Wildman–Crippen LogP) is 3.85. The number of fused-ring (bicyclic) bond motifs is 1. The summed E-state index contributed by atoms with van der Waals surface area (Å²) in [4.78, 5) is 0. The van der Waals surface area contributed by atoms with Crippen LogP contribution in [0.2, 0.25) is 0 Å². The highest BCUT2D eigenvalue weighted by molar-refractivity contribution is 9.10. The van der Waals surface area contributed by atoms with Gasteiger partial charge in [-0.1, -0.05) is 22.9 Å². The van der Waals surface area contributed by atoms with Gasteiger partial charge in [0, 0.05) is 22.9 Å². The summed E-state index contributed by atoms with van der Waals surface area (Å²) in [6.07, 6.45) is 1.88. The molecular weight excluding hydrogens is 318 g/mol. The number of hydrogen-bond donors (Lipinski definition) is 1. The van der Waals surface area contributed by atoms with E-state index in [-0.39, 0.29) is 6.04 Å². The van der Waals surface area contributed by atoms with Crippen LogP contribution in [0, 0.1) is 0 Å². The van der Waals surface area contributed by atoms with Crippen molar-refractivity contribution in [2.45, 2.75) is 25.8 Å². The van der Waals surface area contributed by atoms with Gasteiger partial charge in [-0.15, -0.1) is 0 Å². The summed E-state index contributed by atoms with van der Waals surface area (Å²) in [5.41, 5.74) is 2.39. The van der Waals surface area contributed by atoms with E-state index < -0.39 is 0 Å². The summed E-state index contributed by atoms with van der Waals surface area (Å²) >= 11 is 3.59. The topological polar surface area (TPSA) is 34.4 Å². The quantitative estimate of drug-likeness (QED) is 0.921. The van der Waals surface area contributed by atoms with Crippen LogP contribution >= 0.6 is 15.9 Å². The lowest BCUT2D eigenvalue weighted by molar-refractivity contribution is 0.347. The van der Waals surface area contributed by atoms with Gasteiger partial charge in [0.15, 0.2) is 0 Å². The zero-order valence-electron chi connectivity index (χ0n) is 11.7. The van der Waals surface area contributed by atoms with Crippen molar-refractivity contribution in [2.75, 3.05) is 13.7 Å². The number of halogens is 1. The standard InChI is InChI=1S/C16H18BrNO2/c1-3-12-4-5-14(20-12)15(18-2)13-9-11(17)8-10-6-7-19-16(10)13/h4-5,8-9,15,18H,3,6-7H2,1-2H3. The van der Waals surface area contributed by atoms with E-state index in [1.807, 2.05) is 19.2 Å². The first-order chi connectivity index (χ1) is 9.72. The van der Waals surface area contributed by atoms with Crippen LogP contribution in [0.25, 0.3) is 0 Å². The van der Waals surface area contributed by atoms with Crippen LogP contribution in [0.4, 0.5) is 0 Å². The van der Waals surface area contributed by atoms with E-state index in [9.17, 15) is 0 Å². The monoisotopic (exact) mass is 335 g/mol. The molecule has 1 unspecified atom stereocenters. The molecule has 1 aliphatic rings. The number of hydrogen-bond acceptors (Lipinski definition) is 3. The minimum absolute atomic E-state index is 0.0136. The minimum Gasteiger partial charge on any atom is -0.493 e. The molecule has 2 aromatic rings. The molecule has 2 heterocycles. The molecule has 0 saturated carbocycles. The molecule has 1 aromatic heterocycles. The largest absolute Gasteiger partial charge is 0.493 e. The van der Waals surface area contributed by atoms with E-state index in [1.165, 1.54) is 5.56 Å². The Morgan fingerprint density at radius 2 is 2.20 bits per heavy atom. The Balaban J connectivity index is 2.05. The van der Waals surface area contributed by atoms with Gasteiger partial charge in [-0.2, -0.15) is 0 Å². The Bertz CT molecular complexity index is 621. The molecule has 106 valence electrons. The van der Waals surface area contributed by atoms with Gasteiger partial charge in [-0.3, -0.25) is 0 Å².